The highest BCUT2D eigenvalue weighted by Gasteiger charge is 2.37. The zero-order chi connectivity index (χ0) is 12.7. The van der Waals surface area contributed by atoms with Gasteiger partial charge in [-0.25, -0.2) is 0 Å². The number of likely N-dealkylation sites (tertiary alicyclic amines) is 1. The number of nitrogens with zero attached hydrogens (tertiary/aromatic N) is 1. The molecule has 92 valence electrons. The lowest BCUT2D eigenvalue weighted by molar-refractivity contribution is -0.138. The summed E-state index contributed by atoms with van der Waals surface area (Å²) in [6.45, 7) is 4.12. The molecule has 2 N–H and O–H groups in total. The Bertz CT molecular complexity index is 281. The Labute approximate surface area is 99.7 Å². The van der Waals surface area contributed by atoms with Crippen LogP contribution in [0.4, 0.5) is 0 Å². The molecule has 1 rings (SSSR count). The molecule has 1 aliphatic rings. The van der Waals surface area contributed by atoms with Crippen molar-refractivity contribution in [2.75, 3.05) is 12.8 Å². The minimum atomic E-state index is -0.502. The van der Waals surface area contributed by atoms with Gasteiger partial charge in [-0.15, -0.1) is 0 Å². The molecular weight excluding hydrogens is 228 g/mol. The second kappa shape index (κ2) is 7.27. The highest BCUT2D eigenvalue weighted by atomic mass is 32.2. The summed E-state index contributed by atoms with van der Waals surface area (Å²) in [7, 11) is 0. The van der Waals surface area contributed by atoms with Crippen LogP contribution in [0.15, 0.2) is 0 Å². The van der Waals surface area contributed by atoms with Gasteiger partial charge >= 0.3 is 0 Å². The van der Waals surface area contributed by atoms with Crippen LogP contribution in [0.25, 0.3) is 0 Å². The Morgan fingerprint density at radius 1 is 1.50 bits per heavy atom. The van der Waals surface area contributed by atoms with Gasteiger partial charge in [-0.3, -0.25) is 19.3 Å². The molecule has 0 aromatic heterocycles. The summed E-state index contributed by atoms with van der Waals surface area (Å²) in [6, 6.07) is 0. The summed E-state index contributed by atoms with van der Waals surface area (Å²) in [6.07, 6.45) is 2.06. The molecule has 16 heavy (non-hydrogen) atoms. The van der Waals surface area contributed by atoms with Gasteiger partial charge in [0.05, 0.1) is 5.25 Å². The molecule has 1 fully saturated rings. The van der Waals surface area contributed by atoms with Crippen LogP contribution in [0, 0.1) is 0 Å². The summed E-state index contributed by atoms with van der Waals surface area (Å²) in [5, 5.41) is -0.282. The molecule has 0 bridgehead atoms. The highest BCUT2D eigenvalue weighted by molar-refractivity contribution is 8.00. The van der Waals surface area contributed by atoms with Crippen molar-refractivity contribution < 1.29 is 14.4 Å². The fourth-order valence-electron chi connectivity index (χ4n) is 1.29. The van der Waals surface area contributed by atoms with Crippen molar-refractivity contribution >= 4 is 29.5 Å². The van der Waals surface area contributed by atoms with Crippen LogP contribution in [-0.2, 0) is 14.4 Å². The number of imide groups is 1. The molecule has 1 heterocycles. The van der Waals surface area contributed by atoms with Crippen molar-refractivity contribution in [2.45, 2.75) is 31.9 Å². The van der Waals surface area contributed by atoms with Gasteiger partial charge in [0, 0.05) is 19.4 Å². The number of hydrogen-bond donors (Lipinski definition) is 1. The monoisotopic (exact) mass is 246 g/mol. The van der Waals surface area contributed by atoms with Crippen LogP contribution >= 0.6 is 11.8 Å². The first kappa shape index (κ1) is 15.0. The van der Waals surface area contributed by atoms with Gasteiger partial charge in [0.1, 0.15) is 0 Å². The lowest BCUT2D eigenvalue weighted by Crippen LogP contribution is -2.34. The Morgan fingerprint density at radius 2 is 2.06 bits per heavy atom. The zero-order valence-corrected chi connectivity index (χ0v) is 10.7. The summed E-state index contributed by atoms with van der Waals surface area (Å²) < 4.78 is 0. The van der Waals surface area contributed by atoms with E-state index >= 15 is 0 Å². The number of hydrogen-bond acceptors (Lipinski definition) is 4. The average molecular weight is 246 g/mol. The van der Waals surface area contributed by atoms with E-state index in [2.05, 4.69) is 0 Å². The Hall–Kier alpha value is -1.04. The van der Waals surface area contributed by atoms with Gasteiger partial charge in [-0.2, -0.15) is 11.8 Å². The van der Waals surface area contributed by atoms with Crippen molar-refractivity contribution in [1.82, 2.24) is 4.90 Å². The van der Waals surface area contributed by atoms with E-state index in [1.54, 1.807) is 6.26 Å². The standard InChI is InChI=1S/C8H12N2O3S.C2H6/c1-14-5-4-7(12)10(8(5)13)3-2-6(9)11;1-2/h5H,2-4H2,1H3,(H2,9,11);1-2H3. The van der Waals surface area contributed by atoms with Gasteiger partial charge in [-0.05, 0) is 6.26 Å². The molecule has 0 aromatic rings. The Morgan fingerprint density at radius 3 is 2.44 bits per heavy atom. The molecule has 0 aliphatic carbocycles. The van der Waals surface area contributed by atoms with E-state index in [9.17, 15) is 14.4 Å². The number of carbonyl (C=O) groups is 3. The average Bonchev–Trinajstić information content (AvgIpc) is 2.54. The maximum atomic E-state index is 11.5. The Balaban J connectivity index is 0.00000106. The molecule has 1 saturated heterocycles. The first-order valence-electron chi connectivity index (χ1n) is 5.21. The van der Waals surface area contributed by atoms with E-state index in [-0.39, 0.29) is 36.5 Å². The number of amides is 3. The highest BCUT2D eigenvalue weighted by Crippen LogP contribution is 2.22. The smallest absolute Gasteiger partial charge is 0.242 e. The van der Waals surface area contributed by atoms with E-state index in [4.69, 9.17) is 5.73 Å². The van der Waals surface area contributed by atoms with Gasteiger partial charge in [0.25, 0.3) is 0 Å². The number of nitrogens with two attached hydrogens (primary N) is 1. The van der Waals surface area contributed by atoms with Crippen LogP contribution in [0.5, 0.6) is 0 Å². The van der Waals surface area contributed by atoms with Gasteiger partial charge in [0.2, 0.25) is 17.7 Å². The lowest BCUT2D eigenvalue weighted by Gasteiger charge is -2.12. The largest absolute Gasteiger partial charge is 0.370 e. The molecule has 0 aromatic carbocycles. The van der Waals surface area contributed by atoms with E-state index in [0.29, 0.717) is 0 Å². The maximum Gasteiger partial charge on any atom is 0.242 e. The van der Waals surface area contributed by atoms with Gasteiger partial charge in [-0.1, -0.05) is 13.8 Å². The minimum absolute atomic E-state index is 0.0403. The quantitative estimate of drug-likeness (QED) is 0.727. The SMILES string of the molecule is CC.CSC1CC(=O)N(CCC(N)=O)C1=O. The predicted molar refractivity (Wildman–Crippen MR) is 63.8 cm³/mol. The minimum Gasteiger partial charge on any atom is -0.370 e. The van der Waals surface area contributed by atoms with E-state index in [1.807, 2.05) is 13.8 Å². The third-order valence-electron chi connectivity index (χ3n) is 2.07. The fraction of sp³-hybridized carbons (Fsp3) is 0.700. The number of primary amides is 1. The topological polar surface area (TPSA) is 80.5 Å². The molecule has 3 amide bonds. The molecule has 0 spiro atoms. The van der Waals surface area contributed by atoms with Crippen LogP contribution in [0.3, 0.4) is 0 Å². The van der Waals surface area contributed by atoms with E-state index in [0.717, 1.165) is 4.90 Å². The molecule has 6 heteroatoms. The normalized spacial score (nSPS) is 19.4. The first-order chi connectivity index (χ1) is 7.56. The molecule has 1 atom stereocenters. The number of rotatable bonds is 4. The third-order valence-corrected chi connectivity index (χ3v) is 3.01. The number of thioether (sulfide) groups is 1. The molecule has 1 unspecified atom stereocenters. The van der Waals surface area contributed by atoms with Crippen molar-refractivity contribution in [2.24, 2.45) is 5.73 Å². The second-order valence-corrected chi connectivity index (χ2v) is 4.07. The van der Waals surface area contributed by atoms with Crippen LogP contribution in [0.2, 0.25) is 0 Å². The van der Waals surface area contributed by atoms with Gasteiger partial charge in [0.15, 0.2) is 0 Å². The molecule has 0 saturated carbocycles. The van der Waals surface area contributed by atoms with Crippen LogP contribution < -0.4 is 5.73 Å². The van der Waals surface area contributed by atoms with Crippen molar-refractivity contribution in [3.63, 3.8) is 0 Å². The predicted octanol–water partition coefficient (Wildman–Crippen LogP) is 0.379. The summed E-state index contributed by atoms with van der Waals surface area (Å²) in [5.74, 6) is -0.919. The zero-order valence-electron chi connectivity index (χ0n) is 9.86. The third kappa shape index (κ3) is 3.84. The van der Waals surface area contributed by atoms with Crippen LogP contribution in [-0.4, -0.2) is 40.7 Å². The van der Waals surface area contributed by atoms with Crippen molar-refractivity contribution in [3.8, 4) is 0 Å². The summed E-state index contributed by atoms with van der Waals surface area (Å²) >= 11 is 1.35. The molecule has 0 radical (unpaired) electrons. The summed E-state index contributed by atoms with van der Waals surface area (Å²) in [5.41, 5.74) is 4.94. The van der Waals surface area contributed by atoms with E-state index < -0.39 is 5.91 Å². The first-order valence-corrected chi connectivity index (χ1v) is 6.50. The fourth-order valence-corrected chi connectivity index (χ4v) is 1.93. The number of carbonyl (C=O) groups excluding carboxylic acids is 3. The maximum absolute atomic E-state index is 11.5. The van der Waals surface area contributed by atoms with Gasteiger partial charge < -0.3 is 5.73 Å². The summed E-state index contributed by atoms with van der Waals surface area (Å²) in [4.78, 5) is 34.4. The second-order valence-electron chi connectivity index (χ2n) is 3.03. The van der Waals surface area contributed by atoms with Crippen molar-refractivity contribution in [3.05, 3.63) is 0 Å². The molecular formula is C10H18N2O3S. The lowest BCUT2D eigenvalue weighted by atomic mass is 10.4. The van der Waals surface area contributed by atoms with Crippen molar-refractivity contribution in [1.29, 1.82) is 0 Å². The van der Waals surface area contributed by atoms with E-state index in [1.165, 1.54) is 11.8 Å². The Kier molecular flexibility index (Phi) is 6.80. The van der Waals surface area contributed by atoms with Crippen LogP contribution in [0.1, 0.15) is 26.7 Å². The molecule has 5 nitrogen and oxygen atoms in total. The molecule has 1 aliphatic heterocycles.